The molecule has 0 amide bonds. The van der Waals surface area contributed by atoms with Gasteiger partial charge in [0, 0.05) is 0 Å². The normalized spacial score (nSPS) is 29.1. The molecule has 1 unspecified atom stereocenters. The second-order valence-electron chi connectivity index (χ2n) is 8.30. The van der Waals surface area contributed by atoms with Crippen molar-refractivity contribution in [3.63, 3.8) is 0 Å². The van der Waals surface area contributed by atoms with Gasteiger partial charge < -0.3 is 29.9 Å². The van der Waals surface area contributed by atoms with Crippen molar-refractivity contribution >= 4 is 0 Å². The fraction of sp³-hybridized carbons (Fsp3) is 1.00. The summed E-state index contributed by atoms with van der Waals surface area (Å²) in [6, 6.07) is 0. The predicted molar refractivity (Wildman–Crippen MR) is 110 cm³/mol. The zero-order valence-electron chi connectivity index (χ0n) is 18.0. The second-order valence-corrected chi connectivity index (χ2v) is 8.30. The highest BCUT2D eigenvalue weighted by Crippen LogP contribution is 2.25. The average Bonchev–Trinajstić information content (AvgIpc) is 2.70. The van der Waals surface area contributed by atoms with Crippen LogP contribution in [-0.4, -0.2) is 64.3 Å². The summed E-state index contributed by atoms with van der Waals surface area (Å²) in [5, 5.41) is 39.2. The Morgan fingerprint density at radius 3 is 1.86 bits per heavy atom. The van der Waals surface area contributed by atoms with Gasteiger partial charge in [-0.1, -0.05) is 78.1 Å². The molecular weight excluding hydrogens is 360 g/mol. The lowest BCUT2D eigenvalue weighted by atomic mass is 9.94. The molecule has 0 aromatic heterocycles. The highest BCUT2D eigenvalue weighted by molar-refractivity contribution is 4.88. The van der Waals surface area contributed by atoms with Crippen LogP contribution < -0.4 is 0 Å². The molecule has 0 radical (unpaired) electrons. The maximum absolute atomic E-state index is 10.1. The number of unbranched alkanes of at least 4 members (excludes halogenated alkanes) is 8. The fourth-order valence-corrected chi connectivity index (χ4v) is 3.82. The zero-order chi connectivity index (χ0) is 20.8. The summed E-state index contributed by atoms with van der Waals surface area (Å²) in [5.74, 6) is 0.399. The minimum Gasteiger partial charge on any atom is -0.394 e. The van der Waals surface area contributed by atoms with Crippen LogP contribution in [0.3, 0.4) is 0 Å². The average molecular weight is 405 g/mol. The fourth-order valence-electron chi connectivity index (χ4n) is 3.82. The first-order valence-corrected chi connectivity index (χ1v) is 11.5. The van der Waals surface area contributed by atoms with Crippen LogP contribution in [0.1, 0.15) is 90.9 Å². The topological polar surface area (TPSA) is 99.4 Å². The standard InChI is InChI=1S/C22H44O6/c1-3-5-7-9-10-12-14-17(13-11-8-6-4-2)16-27-22-21(26)20(25)19(24)18(15-23)28-22/h17-26H,3-16H2,1-2H3/t17?,18-,19-,20+,21-,22+/m1/s1. The van der Waals surface area contributed by atoms with Gasteiger partial charge in [0.05, 0.1) is 13.2 Å². The van der Waals surface area contributed by atoms with Gasteiger partial charge in [-0.2, -0.15) is 0 Å². The SMILES string of the molecule is CCCCCCCCC(CCCCCC)CO[C@H]1O[C@H](CO)[C@@H](O)[C@H](O)[C@H]1O. The van der Waals surface area contributed by atoms with E-state index in [4.69, 9.17) is 9.47 Å². The van der Waals surface area contributed by atoms with E-state index in [-0.39, 0.29) is 0 Å². The zero-order valence-corrected chi connectivity index (χ0v) is 18.0. The van der Waals surface area contributed by atoms with Gasteiger partial charge in [-0.05, 0) is 18.8 Å². The van der Waals surface area contributed by atoms with Crippen LogP contribution in [0.15, 0.2) is 0 Å². The summed E-state index contributed by atoms with van der Waals surface area (Å²) in [6.07, 6.45) is 8.65. The van der Waals surface area contributed by atoms with Crippen molar-refractivity contribution < 1.29 is 29.9 Å². The molecule has 0 spiro atoms. The summed E-state index contributed by atoms with van der Waals surface area (Å²) in [6.45, 7) is 4.46. The third-order valence-corrected chi connectivity index (χ3v) is 5.78. The molecule has 0 saturated carbocycles. The van der Waals surface area contributed by atoms with Gasteiger partial charge in [0.2, 0.25) is 0 Å². The maximum atomic E-state index is 10.1. The highest BCUT2D eigenvalue weighted by atomic mass is 16.7. The van der Waals surface area contributed by atoms with Gasteiger partial charge in [-0.15, -0.1) is 0 Å². The Morgan fingerprint density at radius 2 is 1.29 bits per heavy atom. The van der Waals surface area contributed by atoms with E-state index in [2.05, 4.69) is 13.8 Å². The van der Waals surface area contributed by atoms with Crippen LogP contribution in [0.4, 0.5) is 0 Å². The quantitative estimate of drug-likeness (QED) is 0.295. The van der Waals surface area contributed by atoms with Crippen molar-refractivity contribution in [3.8, 4) is 0 Å². The summed E-state index contributed by atoms with van der Waals surface area (Å²) in [7, 11) is 0. The number of aliphatic hydroxyl groups excluding tert-OH is 4. The molecule has 168 valence electrons. The Hall–Kier alpha value is -0.240. The van der Waals surface area contributed by atoms with Gasteiger partial charge in [-0.25, -0.2) is 0 Å². The third-order valence-electron chi connectivity index (χ3n) is 5.78. The van der Waals surface area contributed by atoms with Crippen LogP contribution in [0, 0.1) is 5.92 Å². The van der Waals surface area contributed by atoms with Crippen LogP contribution in [0.25, 0.3) is 0 Å². The van der Waals surface area contributed by atoms with Crippen LogP contribution in [0.5, 0.6) is 0 Å². The molecule has 1 heterocycles. The van der Waals surface area contributed by atoms with E-state index < -0.39 is 37.3 Å². The summed E-state index contributed by atoms with van der Waals surface area (Å²) in [4.78, 5) is 0. The molecular formula is C22H44O6. The molecule has 0 aromatic rings. The van der Waals surface area contributed by atoms with E-state index in [1.54, 1.807) is 0 Å². The third kappa shape index (κ3) is 9.51. The Kier molecular flexibility index (Phi) is 14.4. The Morgan fingerprint density at radius 1 is 0.750 bits per heavy atom. The number of aliphatic hydroxyl groups is 4. The van der Waals surface area contributed by atoms with E-state index in [0.717, 1.165) is 12.8 Å². The van der Waals surface area contributed by atoms with Crippen LogP contribution >= 0.6 is 0 Å². The second kappa shape index (κ2) is 15.6. The first kappa shape index (κ1) is 25.8. The van der Waals surface area contributed by atoms with Gasteiger partial charge in [0.25, 0.3) is 0 Å². The Labute approximate surface area is 171 Å². The molecule has 0 aliphatic carbocycles. The minimum absolute atomic E-state index is 0.399. The highest BCUT2D eigenvalue weighted by Gasteiger charge is 2.44. The van der Waals surface area contributed by atoms with Gasteiger partial charge >= 0.3 is 0 Å². The van der Waals surface area contributed by atoms with Crippen LogP contribution in [-0.2, 0) is 9.47 Å². The van der Waals surface area contributed by atoms with Crippen molar-refractivity contribution in [2.75, 3.05) is 13.2 Å². The van der Waals surface area contributed by atoms with Crippen molar-refractivity contribution in [1.29, 1.82) is 0 Å². The molecule has 0 aromatic carbocycles. The number of hydrogen-bond acceptors (Lipinski definition) is 6. The van der Waals surface area contributed by atoms with E-state index in [9.17, 15) is 20.4 Å². The van der Waals surface area contributed by atoms with Crippen molar-refractivity contribution in [3.05, 3.63) is 0 Å². The summed E-state index contributed by atoms with van der Waals surface area (Å²) in [5.41, 5.74) is 0. The molecule has 0 bridgehead atoms. The van der Waals surface area contributed by atoms with E-state index in [0.29, 0.717) is 12.5 Å². The lowest BCUT2D eigenvalue weighted by molar-refractivity contribution is -0.303. The van der Waals surface area contributed by atoms with Crippen molar-refractivity contribution in [1.82, 2.24) is 0 Å². The number of ether oxygens (including phenoxy) is 2. The molecule has 1 fully saturated rings. The largest absolute Gasteiger partial charge is 0.394 e. The molecule has 6 nitrogen and oxygen atoms in total. The molecule has 1 aliphatic heterocycles. The van der Waals surface area contributed by atoms with Crippen molar-refractivity contribution in [2.24, 2.45) is 5.92 Å². The molecule has 1 aliphatic rings. The van der Waals surface area contributed by atoms with E-state index in [1.807, 2.05) is 0 Å². The summed E-state index contributed by atoms with van der Waals surface area (Å²) >= 11 is 0. The van der Waals surface area contributed by atoms with E-state index in [1.165, 1.54) is 64.2 Å². The molecule has 1 saturated heterocycles. The van der Waals surface area contributed by atoms with Crippen molar-refractivity contribution in [2.45, 2.75) is 122 Å². The molecule has 6 heteroatoms. The molecule has 4 N–H and O–H groups in total. The molecule has 6 atom stereocenters. The lowest BCUT2D eigenvalue weighted by Gasteiger charge is -2.40. The maximum Gasteiger partial charge on any atom is 0.186 e. The van der Waals surface area contributed by atoms with E-state index >= 15 is 0 Å². The Bertz CT molecular complexity index is 365. The molecule has 28 heavy (non-hydrogen) atoms. The number of hydrogen-bond donors (Lipinski definition) is 4. The smallest absolute Gasteiger partial charge is 0.186 e. The van der Waals surface area contributed by atoms with Crippen LogP contribution in [0.2, 0.25) is 0 Å². The minimum atomic E-state index is -1.38. The van der Waals surface area contributed by atoms with Gasteiger partial charge in [0.15, 0.2) is 6.29 Å². The monoisotopic (exact) mass is 404 g/mol. The predicted octanol–water partition coefficient (Wildman–Crippen LogP) is 3.14. The first-order valence-electron chi connectivity index (χ1n) is 11.5. The Balaban J connectivity index is 2.44. The summed E-state index contributed by atoms with van der Waals surface area (Å²) < 4.78 is 11.3. The first-order chi connectivity index (χ1) is 13.5. The van der Waals surface area contributed by atoms with Gasteiger partial charge in [0.1, 0.15) is 24.4 Å². The lowest BCUT2D eigenvalue weighted by Crippen LogP contribution is -2.59. The molecule has 1 rings (SSSR count). The number of rotatable bonds is 16. The van der Waals surface area contributed by atoms with Gasteiger partial charge in [-0.3, -0.25) is 0 Å².